The first kappa shape index (κ1) is 20.9. The number of nitrogens with zero attached hydrogens (tertiary/aromatic N) is 1. The van der Waals surface area contributed by atoms with Crippen LogP contribution >= 0.6 is 24.0 Å². The van der Waals surface area contributed by atoms with E-state index in [1.165, 1.54) is 24.0 Å². The molecule has 3 N–H and O–H groups in total. The van der Waals surface area contributed by atoms with Crippen molar-refractivity contribution in [3.05, 3.63) is 59.2 Å². The molecule has 0 bridgehead atoms. The van der Waals surface area contributed by atoms with Crippen molar-refractivity contribution in [3.8, 4) is 0 Å². The van der Waals surface area contributed by atoms with Crippen LogP contribution in [0.5, 0.6) is 0 Å². The lowest BCUT2D eigenvalue weighted by Gasteiger charge is -2.20. The summed E-state index contributed by atoms with van der Waals surface area (Å²) >= 11 is 0. The van der Waals surface area contributed by atoms with E-state index in [1.807, 2.05) is 31.2 Å². The predicted octanol–water partition coefficient (Wildman–Crippen LogP) is 4.41. The highest BCUT2D eigenvalue weighted by Crippen LogP contribution is 2.28. The van der Waals surface area contributed by atoms with E-state index in [9.17, 15) is 4.21 Å². The number of benzene rings is 2. The average Bonchev–Trinajstić information content (AvgIpc) is 2.62. The Labute approximate surface area is 175 Å². The smallest absolute Gasteiger partial charge is 0.193 e. The molecule has 2 aromatic carbocycles. The first-order chi connectivity index (χ1) is 12.0. The average molecular weight is 483 g/mol. The van der Waals surface area contributed by atoms with E-state index < -0.39 is 10.8 Å². The van der Waals surface area contributed by atoms with Crippen molar-refractivity contribution in [2.75, 3.05) is 11.6 Å². The van der Waals surface area contributed by atoms with E-state index in [0.29, 0.717) is 5.96 Å². The summed E-state index contributed by atoms with van der Waals surface area (Å²) in [5.74, 6) is 0.426. The van der Waals surface area contributed by atoms with Crippen molar-refractivity contribution in [2.24, 2.45) is 10.7 Å². The second-order valence-electron chi connectivity index (χ2n) is 6.49. The molecule has 2 unspecified atom stereocenters. The Morgan fingerprint density at radius 1 is 1.15 bits per heavy atom. The zero-order valence-corrected chi connectivity index (χ0v) is 18.3. The predicted molar refractivity (Wildman–Crippen MR) is 121 cm³/mol. The third-order valence-electron chi connectivity index (χ3n) is 4.69. The molecule has 0 spiro atoms. The number of aryl methyl sites for hydroxylation is 1. The van der Waals surface area contributed by atoms with Crippen molar-refractivity contribution in [2.45, 2.75) is 43.5 Å². The molecule has 2 aromatic rings. The summed E-state index contributed by atoms with van der Waals surface area (Å²) in [6.07, 6.45) is 6.40. The summed E-state index contributed by atoms with van der Waals surface area (Å²) in [7, 11) is -0.962. The van der Waals surface area contributed by atoms with Crippen LogP contribution in [-0.2, 0) is 23.6 Å². The van der Waals surface area contributed by atoms with Crippen molar-refractivity contribution in [1.82, 2.24) is 0 Å². The van der Waals surface area contributed by atoms with Gasteiger partial charge in [0.2, 0.25) is 0 Å². The molecule has 0 radical (unpaired) electrons. The van der Waals surface area contributed by atoms with E-state index >= 15 is 0 Å². The van der Waals surface area contributed by atoms with Crippen molar-refractivity contribution < 1.29 is 4.21 Å². The fourth-order valence-corrected chi connectivity index (χ4v) is 3.81. The highest BCUT2D eigenvalue weighted by Gasteiger charge is 2.13. The van der Waals surface area contributed by atoms with Crippen LogP contribution in [0.15, 0.2) is 52.4 Å². The van der Waals surface area contributed by atoms with E-state index in [0.717, 1.165) is 29.0 Å². The molecule has 0 fully saturated rings. The normalized spacial score (nSPS) is 16.2. The number of nitrogens with one attached hydrogen (secondary N) is 1. The molecule has 0 aliphatic heterocycles. The summed E-state index contributed by atoms with van der Waals surface area (Å²) < 4.78 is 11.5. The molecule has 6 heteroatoms. The standard InChI is InChI=1S/C20H25N3OS.HI/c1-14(15-10-12-17(13-11-15)25(2)24)22-20(21)23-19-9-5-7-16-6-3-4-8-18(16)19;/h5,7,9-14H,3-4,6,8H2,1-2H3,(H3,21,22,23);1H. The number of hydrogen-bond donors (Lipinski definition) is 2. The summed E-state index contributed by atoms with van der Waals surface area (Å²) in [6, 6.07) is 14.0. The van der Waals surface area contributed by atoms with E-state index in [1.54, 1.807) is 6.26 Å². The number of halogens is 1. The molecule has 140 valence electrons. The number of fused-ring (bicyclic) bond motifs is 1. The number of guanidine groups is 1. The molecule has 26 heavy (non-hydrogen) atoms. The van der Waals surface area contributed by atoms with Crippen LogP contribution in [0.2, 0.25) is 0 Å². The van der Waals surface area contributed by atoms with Gasteiger partial charge in [-0.1, -0.05) is 24.3 Å². The van der Waals surface area contributed by atoms with Crippen LogP contribution < -0.4 is 11.1 Å². The molecule has 0 saturated carbocycles. The third kappa shape index (κ3) is 5.07. The van der Waals surface area contributed by atoms with E-state index in [2.05, 4.69) is 28.5 Å². The molecule has 2 atom stereocenters. The maximum absolute atomic E-state index is 11.5. The van der Waals surface area contributed by atoms with Gasteiger partial charge < -0.3 is 11.1 Å². The molecular formula is C20H26IN3OS. The van der Waals surface area contributed by atoms with Crippen molar-refractivity contribution in [1.29, 1.82) is 0 Å². The number of nitrogens with two attached hydrogens (primary N) is 1. The maximum atomic E-state index is 11.5. The Morgan fingerprint density at radius 3 is 2.54 bits per heavy atom. The lowest BCUT2D eigenvalue weighted by atomic mass is 9.90. The fourth-order valence-electron chi connectivity index (χ4n) is 3.29. The number of rotatable bonds is 4. The Bertz CT molecular complexity index is 805. The highest BCUT2D eigenvalue weighted by atomic mass is 127. The van der Waals surface area contributed by atoms with Gasteiger partial charge in [-0.25, -0.2) is 4.99 Å². The molecule has 0 saturated heterocycles. The fraction of sp³-hybridized carbons (Fsp3) is 0.350. The molecule has 0 heterocycles. The number of anilines is 1. The van der Waals surface area contributed by atoms with Crippen LogP contribution in [0.4, 0.5) is 5.69 Å². The molecule has 3 rings (SSSR count). The van der Waals surface area contributed by atoms with Gasteiger partial charge in [0, 0.05) is 27.6 Å². The molecule has 0 aromatic heterocycles. The SMILES string of the molecule is CC(N=C(N)Nc1cccc2c1CCCC2)c1ccc(S(C)=O)cc1.I. The Balaban J connectivity index is 0.00000243. The first-order valence-electron chi connectivity index (χ1n) is 8.69. The van der Waals surface area contributed by atoms with Gasteiger partial charge in [-0.3, -0.25) is 4.21 Å². The maximum Gasteiger partial charge on any atom is 0.193 e. The van der Waals surface area contributed by atoms with Crippen LogP contribution in [0.3, 0.4) is 0 Å². The highest BCUT2D eigenvalue weighted by molar-refractivity contribution is 14.0. The van der Waals surface area contributed by atoms with Gasteiger partial charge in [-0.05, 0) is 67.5 Å². The number of aliphatic imine (C=N–C) groups is 1. The third-order valence-corrected chi connectivity index (χ3v) is 5.62. The summed E-state index contributed by atoms with van der Waals surface area (Å²) in [5, 5.41) is 3.28. The second-order valence-corrected chi connectivity index (χ2v) is 7.87. The number of hydrogen-bond acceptors (Lipinski definition) is 2. The van der Waals surface area contributed by atoms with Gasteiger partial charge in [0.1, 0.15) is 0 Å². The summed E-state index contributed by atoms with van der Waals surface area (Å²) in [4.78, 5) is 5.39. The van der Waals surface area contributed by atoms with E-state index in [4.69, 9.17) is 5.73 Å². The minimum absolute atomic E-state index is 0. The van der Waals surface area contributed by atoms with Crippen LogP contribution in [0.1, 0.15) is 42.5 Å². The lowest BCUT2D eigenvalue weighted by Crippen LogP contribution is -2.24. The first-order valence-corrected chi connectivity index (χ1v) is 10.2. The lowest BCUT2D eigenvalue weighted by molar-refractivity contribution is 0.686. The molecular weight excluding hydrogens is 457 g/mol. The van der Waals surface area contributed by atoms with Crippen molar-refractivity contribution >= 4 is 46.4 Å². The topological polar surface area (TPSA) is 67.5 Å². The minimum Gasteiger partial charge on any atom is -0.370 e. The molecule has 0 amide bonds. The Hall–Kier alpha value is -1.41. The van der Waals surface area contributed by atoms with Crippen LogP contribution in [0, 0.1) is 0 Å². The largest absolute Gasteiger partial charge is 0.370 e. The Kier molecular flexibility index (Phi) is 7.64. The van der Waals surface area contributed by atoms with Crippen molar-refractivity contribution in [3.63, 3.8) is 0 Å². The van der Waals surface area contributed by atoms with Gasteiger partial charge in [0.05, 0.1) is 6.04 Å². The van der Waals surface area contributed by atoms with Crippen LogP contribution in [-0.4, -0.2) is 16.4 Å². The summed E-state index contributed by atoms with van der Waals surface area (Å²) in [6.45, 7) is 2.01. The quantitative estimate of drug-likeness (QED) is 0.385. The van der Waals surface area contributed by atoms with Gasteiger partial charge in [-0.2, -0.15) is 0 Å². The summed E-state index contributed by atoms with van der Waals surface area (Å²) in [5.41, 5.74) is 11.1. The molecule has 4 nitrogen and oxygen atoms in total. The van der Waals surface area contributed by atoms with Gasteiger partial charge in [-0.15, -0.1) is 24.0 Å². The molecule has 1 aliphatic rings. The Morgan fingerprint density at radius 2 is 1.85 bits per heavy atom. The minimum atomic E-state index is -0.962. The van der Waals surface area contributed by atoms with Crippen LogP contribution in [0.25, 0.3) is 0 Å². The van der Waals surface area contributed by atoms with Gasteiger partial charge in [0.15, 0.2) is 5.96 Å². The van der Waals surface area contributed by atoms with Gasteiger partial charge in [0.25, 0.3) is 0 Å². The van der Waals surface area contributed by atoms with E-state index in [-0.39, 0.29) is 30.0 Å². The zero-order chi connectivity index (χ0) is 17.8. The van der Waals surface area contributed by atoms with Gasteiger partial charge >= 0.3 is 0 Å². The molecule has 1 aliphatic carbocycles. The zero-order valence-electron chi connectivity index (χ0n) is 15.2. The monoisotopic (exact) mass is 483 g/mol. The second kappa shape index (κ2) is 9.50.